The molecule has 1 amide bonds. The molecule has 5 rings (SSSR count). The number of nitrogens with zero attached hydrogens (tertiary/aromatic N) is 3. The second-order valence-electron chi connectivity index (χ2n) is 8.04. The molecule has 34 heavy (non-hydrogen) atoms. The lowest BCUT2D eigenvalue weighted by Crippen LogP contribution is -2.30. The molecule has 7 nitrogen and oxygen atoms in total. The van der Waals surface area contributed by atoms with Gasteiger partial charge in [0, 0.05) is 42.1 Å². The van der Waals surface area contributed by atoms with Crippen LogP contribution in [0.1, 0.15) is 30.4 Å². The number of benzene rings is 2. The molecule has 3 N–H and O–H groups in total. The predicted molar refractivity (Wildman–Crippen MR) is 136 cm³/mol. The molecule has 2 aromatic heterocycles. The SMILES string of the molecule is CC(=O)Nc1ccc(N2C(=S)N[C@H](c3ccccn3)[C@@H]2c2cccn2-c2ccc(O)cc2)cc1. The van der Waals surface area contributed by atoms with Crippen LogP contribution in [0.25, 0.3) is 5.69 Å². The quantitative estimate of drug-likeness (QED) is 0.367. The van der Waals surface area contributed by atoms with Gasteiger partial charge in [-0.25, -0.2) is 0 Å². The number of aromatic hydroxyl groups is 1. The lowest BCUT2D eigenvalue weighted by molar-refractivity contribution is -0.114. The molecule has 2 aromatic carbocycles. The van der Waals surface area contributed by atoms with Crippen molar-refractivity contribution in [2.24, 2.45) is 0 Å². The number of rotatable bonds is 5. The molecule has 0 spiro atoms. The van der Waals surface area contributed by atoms with E-state index in [1.165, 1.54) is 6.92 Å². The molecule has 1 saturated heterocycles. The first-order chi connectivity index (χ1) is 16.5. The average molecular weight is 470 g/mol. The molecule has 0 aliphatic carbocycles. The highest BCUT2D eigenvalue weighted by atomic mass is 32.1. The second kappa shape index (κ2) is 8.99. The van der Waals surface area contributed by atoms with Gasteiger partial charge >= 0.3 is 0 Å². The molecule has 1 aliphatic heterocycles. The highest BCUT2D eigenvalue weighted by molar-refractivity contribution is 7.80. The fourth-order valence-corrected chi connectivity index (χ4v) is 4.67. The fraction of sp³-hybridized carbons (Fsp3) is 0.115. The molecule has 8 heteroatoms. The van der Waals surface area contributed by atoms with Crippen molar-refractivity contribution >= 4 is 34.6 Å². The van der Waals surface area contributed by atoms with E-state index in [1.54, 1.807) is 18.3 Å². The number of aromatic nitrogens is 2. The Labute approximate surface area is 202 Å². The Kier molecular flexibility index (Phi) is 5.73. The van der Waals surface area contributed by atoms with Gasteiger partial charge in [-0.2, -0.15) is 0 Å². The fourth-order valence-electron chi connectivity index (χ4n) is 4.33. The zero-order chi connectivity index (χ0) is 23.7. The zero-order valence-electron chi connectivity index (χ0n) is 18.4. The van der Waals surface area contributed by atoms with Crippen molar-refractivity contribution in [3.05, 3.63) is 103 Å². The van der Waals surface area contributed by atoms with E-state index in [4.69, 9.17) is 12.2 Å². The van der Waals surface area contributed by atoms with Crippen LogP contribution in [0.5, 0.6) is 5.75 Å². The molecule has 2 atom stereocenters. The lowest BCUT2D eigenvalue weighted by atomic mass is 10.0. The van der Waals surface area contributed by atoms with Crippen LogP contribution < -0.4 is 15.5 Å². The molecule has 0 radical (unpaired) electrons. The van der Waals surface area contributed by atoms with Gasteiger partial charge in [0.05, 0.1) is 11.7 Å². The maximum atomic E-state index is 11.4. The summed E-state index contributed by atoms with van der Waals surface area (Å²) in [4.78, 5) is 18.1. The summed E-state index contributed by atoms with van der Waals surface area (Å²) >= 11 is 5.81. The number of phenolic OH excluding ortho intramolecular Hbond substituents is 1. The number of anilines is 2. The molecule has 1 fully saturated rings. The number of carbonyl (C=O) groups is 1. The molecule has 0 unspecified atom stereocenters. The maximum Gasteiger partial charge on any atom is 0.221 e. The highest BCUT2D eigenvalue weighted by Crippen LogP contribution is 2.42. The molecule has 170 valence electrons. The third-order valence-electron chi connectivity index (χ3n) is 5.78. The number of pyridine rings is 1. The van der Waals surface area contributed by atoms with Gasteiger partial charge in [0.1, 0.15) is 11.8 Å². The first-order valence-electron chi connectivity index (χ1n) is 10.9. The van der Waals surface area contributed by atoms with Crippen molar-refractivity contribution in [2.45, 2.75) is 19.0 Å². The monoisotopic (exact) mass is 469 g/mol. The molecule has 0 saturated carbocycles. The number of carbonyl (C=O) groups excluding carboxylic acids is 1. The van der Waals surface area contributed by atoms with E-state index in [2.05, 4.69) is 31.2 Å². The van der Waals surface area contributed by atoms with Gasteiger partial charge in [0.2, 0.25) is 5.91 Å². The molecular weight excluding hydrogens is 446 g/mol. The van der Waals surface area contributed by atoms with Crippen LogP contribution in [-0.2, 0) is 4.79 Å². The van der Waals surface area contributed by atoms with Gasteiger partial charge in [-0.3, -0.25) is 9.78 Å². The van der Waals surface area contributed by atoms with Crippen molar-refractivity contribution in [2.75, 3.05) is 10.2 Å². The van der Waals surface area contributed by atoms with Gasteiger partial charge in [-0.1, -0.05) is 6.07 Å². The standard InChI is InChI=1S/C26H23N5O2S/c1-17(32)28-18-7-9-20(10-8-18)31-25(24(29-26(31)34)22-5-2-3-15-27-22)23-6-4-16-30(23)19-11-13-21(33)14-12-19/h2-16,24-25,33H,1H3,(H,28,32)(H,29,34)/t24-,25+/m1/s1. The zero-order valence-corrected chi connectivity index (χ0v) is 19.2. The summed E-state index contributed by atoms with van der Waals surface area (Å²) in [5.74, 6) is 0.0966. The van der Waals surface area contributed by atoms with Crippen LogP contribution in [0.4, 0.5) is 11.4 Å². The van der Waals surface area contributed by atoms with E-state index in [-0.39, 0.29) is 23.7 Å². The van der Waals surface area contributed by atoms with Crippen LogP contribution >= 0.6 is 12.2 Å². The van der Waals surface area contributed by atoms with Crippen molar-refractivity contribution in [1.29, 1.82) is 0 Å². The van der Waals surface area contributed by atoms with Crippen molar-refractivity contribution < 1.29 is 9.90 Å². The smallest absolute Gasteiger partial charge is 0.221 e. The summed E-state index contributed by atoms with van der Waals surface area (Å²) in [7, 11) is 0. The number of nitrogens with one attached hydrogen (secondary N) is 2. The van der Waals surface area contributed by atoms with Crippen LogP contribution in [-0.4, -0.2) is 25.7 Å². The molecule has 0 bridgehead atoms. The number of phenols is 1. The van der Waals surface area contributed by atoms with E-state index in [1.807, 2.05) is 66.9 Å². The summed E-state index contributed by atoms with van der Waals surface area (Å²) in [6, 6.07) is 24.3. The predicted octanol–water partition coefficient (Wildman–Crippen LogP) is 4.71. The van der Waals surface area contributed by atoms with Gasteiger partial charge in [0.15, 0.2) is 5.11 Å². The Balaban J connectivity index is 1.61. The number of amides is 1. The van der Waals surface area contributed by atoms with Crippen molar-refractivity contribution in [3.8, 4) is 11.4 Å². The van der Waals surface area contributed by atoms with Crippen LogP contribution in [0.2, 0.25) is 0 Å². The topological polar surface area (TPSA) is 82.4 Å². The summed E-state index contributed by atoms with van der Waals surface area (Å²) < 4.78 is 2.09. The summed E-state index contributed by atoms with van der Waals surface area (Å²) in [6.07, 6.45) is 3.78. The highest BCUT2D eigenvalue weighted by Gasteiger charge is 2.42. The number of hydrogen-bond acceptors (Lipinski definition) is 4. The Morgan fingerprint density at radius 3 is 2.41 bits per heavy atom. The minimum atomic E-state index is -0.196. The van der Waals surface area contributed by atoms with Crippen molar-refractivity contribution in [3.63, 3.8) is 0 Å². The third kappa shape index (κ3) is 4.11. The largest absolute Gasteiger partial charge is 0.508 e. The van der Waals surface area contributed by atoms with Gasteiger partial charge in [-0.05, 0) is 85.0 Å². The second-order valence-corrected chi connectivity index (χ2v) is 8.43. The third-order valence-corrected chi connectivity index (χ3v) is 6.09. The van der Waals surface area contributed by atoms with E-state index < -0.39 is 0 Å². The molecule has 4 aromatic rings. The first-order valence-corrected chi connectivity index (χ1v) is 11.3. The van der Waals surface area contributed by atoms with Gasteiger partial charge in [0.25, 0.3) is 0 Å². The van der Waals surface area contributed by atoms with E-state index in [0.717, 1.165) is 28.5 Å². The minimum absolute atomic E-state index is 0.120. The summed E-state index contributed by atoms with van der Waals surface area (Å²) in [5.41, 5.74) is 4.44. The van der Waals surface area contributed by atoms with Crippen LogP contribution in [0.3, 0.4) is 0 Å². The number of hydrogen-bond donors (Lipinski definition) is 3. The van der Waals surface area contributed by atoms with E-state index in [9.17, 15) is 9.90 Å². The Bertz CT molecular complexity index is 1320. The lowest BCUT2D eigenvalue weighted by Gasteiger charge is -2.29. The van der Waals surface area contributed by atoms with E-state index >= 15 is 0 Å². The van der Waals surface area contributed by atoms with Gasteiger partial charge < -0.3 is 25.2 Å². The molecule has 3 heterocycles. The molecule has 1 aliphatic rings. The summed E-state index contributed by atoms with van der Waals surface area (Å²) in [6.45, 7) is 1.48. The average Bonchev–Trinajstić information content (AvgIpc) is 3.45. The normalized spacial score (nSPS) is 17.4. The Morgan fingerprint density at radius 1 is 1.00 bits per heavy atom. The number of thiocarbonyl (C=S) groups is 1. The maximum absolute atomic E-state index is 11.4. The van der Waals surface area contributed by atoms with Gasteiger partial charge in [-0.15, -0.1) is 0 Å². The Morgan fingerprint density at radius 2 is 1.74 bits per heavy atom. The minimum Gasteiger partial charge on any atom is -0.508 e. The van der Waals surface area contributed by atoms with Crippen molar-refractivity contribution in [1.82, 2.24) is 14.9 Å². The summed E-state index contributed by atoms with van der Waals surface area (Å²) in [5, 5.41) is 16.6. The Hall–Kier alpha value is -4.17. The molecular formula is C26H23N5O2S. The van der Waals surface area contributed by atoms with Crippen LogP contribution in [0, 0.1) is 0 Å². The van der Waals surface area contributed by atoms with E-state index in [0.29, 0.717) is 5.11 Å². The van der Waals surface area contributed by atoms with Crippen LogP contribution in [0.15, 0.2) is 91.3 Å². The first kappa shape index (κ1) is 21.7.